The highest BCUT2D eigenvalue weighted by atomic mass is 32.1. The Hall–Kier alpha value is -2.26. The van der Waals surface area contributed by atoms with E-state index in [0.29, 0.717) is 6.54 Å². The number of nitrogens with one attached hydrogen (secondary N) is 1. The van der Waals surface area contributed by atoms with Crippen molar-refractivity contribution in [2.75, 3.05) is 6.54 Å². The number of aromatic carboxylic acids is 1. The molecule has 0 bridgehead atoms. The van der Waals surface area contributed by atoms with Gasteiger partial charge in [-0.1, -0.05) is 0 Å². The van der Waals surface area contributed by atoms with Crippen LogP contribution in [-0.2, 0) is 24.3 Å². The fourth-order valence-corrected chi connectivity index (χ4v) is 2.84. The molecule has 0 amide bonds. The van der Waals surface area contributed by atoms with Gasteiger partial charge in [0.05, 0.1) is 6.54 Å². The third-order valence-corrected chi connectivity index (χ3v) is 3.82. The summed E-state index contributed by atoms with van der Waals surface area (Å²) in [6.45, 7) is 3.36. The number of nitrogens with zero attached hydrogens (tertiary/aromatic N) is 3. The molecule has 3 rings (SSSR count). The molecule has 3 N–H and O–H groups in total. The van der Waals surface area contributed by atoms with Gasteiger partial charge in [-0.05, 0) is 0 Å². The van der Waals surface area contributed by atoms with E-state index >= 15 is 0 Å². The fourth-order valence-electron chi connectivity index (χ4n) is 2.19. The van der Waals surface area contributed by atoms with Gasteiger partial charge < -0.3 is 10.2 Å². The first-order valence-electron chi connectivity index (χ1n) is 6.57. The monoisotopic (exact) mass is 324 g/mol. The number of fused-ring (bicyclic) bond motifs is 1. The van der Waals surface area contributed by atoms with Crippen LogP contribution in [0.3, 0.4) is 0 Å². The molecule has 0 fully saturated rings. The maximum Gasteiger partial charge on any atom is 0.356 e. The first kappa shape index (κ1) is 16.1. The maximum atomic E-state index is 11.0. The van der Waals surface area contributed by atoms with E-state index in [9.17, 15) is 4.79 Å². The SMILES string of the molecule is CC(=O)O.O=C(O)c1n[nH]c2c1CN(Cc1nccs1)CC2. The molecule has 0 radical (unpaired) electrons. The molecule has 0 aromatic carbocycles. The van der Waals surface area contributed by atoms with Crippen LogP contribution in [0.1, 0.15) is 33.7 Å². The third kappa shape index (κ3) is 4.12. The molecule has 2 aromatic heterocycles. The maximum absolute atomic E-state index is 11.0. The predicted octanol–water partition coefficient (Wildman–Crippen LogP) is 1.21. The normalized spacial score (nSPS) is 13.9. The number of rotatable bonds is 3. The van der Waals surface area contributed by atoms with Gasteiger partial charge in [0.15, 0.2) is 5.69 Å². The van der Waals surface area contributed by atoms with Gasteiger partial charge in [0.2, 0.25) is 0 Å². The zero-order chi connectivity index (χ0) is 16.1. The number of hydrogen-bond donors (Lipinski definition) is 3. The predicted molar refractivity (Wildman–Crippen MR) is 78.8 cm³/mol. The van der Waals surface area contributed by atoms with Gasteiger partial charge >= 0.3 is 5.97 Å². The minimum Gasteiger partial charge on any atom is -0.481 e. The summed E-state index contributed by atoms with van der Waals surface area (Å²) in [6, 6.07) is 0. The Labute approximate surface area is 130 Å². The van der Waals surface area contributed by atoms with E-state index in [0.717, 1.165) is 42.7 Å². The average molecular weight is 324 g/mol. The number of carboxylic acid groups (broad SMARTS) is 2. The van der Waals surface area contributed by atoms with Gasteiger partial charge in [0.1, 0.15) is 5.01 Å². The van der Waals surface area contributed by atoms with Gasteiger partial charge in [-0.15, -0.1) is 11.3 Å². The van der Waals surface area contributed by atoms with E-state index in [1.165, 1.54) is 0 Å². The van der Waals surface area contributed by atoms with E-state index in [1.54, 1.807) is 17.5 Å². The van der Waals surface area contributed by atoms with E-state index in [1.807, 2.05) is 5.38 Å². The number of hydrogen-bond acceptors (Lipinski definition) is 6. The molecule has 0 aliphatic carbocycles. The second kappa shape index (κ2) is 7.14. The van der Waals surface area contributed by atoms with Crippen LogP contribution in [0.5, 0.6) is 0 Å². The Morgan fingerprint density at radius 3 is 2.77 bits per heavy atom. The minimum absolute atomic E-state index is 0.147. The number of aliphatic carboxylic acids is 1. The average Bonchev–Trinajstić information content (AvgIpc) is 3.06. The highest BCUT2D eigenvalue weighted by Gasteiger charge is 2.25. The van der Waals surface area contributed by atoms with Crippen LogP contribution in [0, 0.1) is 0 Å². The Kier molecular flexibility index (Phi) is 5.23. The summed E-state index contributed by atoms with van der Waals surface area (Å²) < 4.78 is 0. The van der Waals surface area contributed by atoms with Crippen molar-refractivity contribution in [1.82, 2.24) is 20.1 Å². The second-order valence-corrected chi connectivity index (χ2v) is 5.72. The molecule has 2 aromatic rings. The molecule has 118 valence electrons. The van der Waals surface area contributed by atoms with Gasteiger partial charge in [-0.25, -0.2) is 9.78 Å². The van der Waals surface area contributed by atoms with Crippen molar-refractivity contribution in [2.24, 2.45) is 0 Å². The van der Waals surface area contributed by atoms with Crippen LogP contribution in [0.15, 0.2) is 11.6 Å². The smallest absolute Gasteiger partial charge is 0.356 e. The summed E-state index contributed by atoms with van der Waals surface area (Å²) in [6.07, 6.45) is 2.59. The van der Waals surface area contributed by atoms with E-state index in [4.69, 9.17) is 15.0 Å². The van der Waals surface area contributed by atoms with Gasteiger partial charge in [-0.3, -0.25) is 14.8 Å². The van der Waals surface area contributed by atoms with Crippen molar-refractivity contribution < 1.29 is 19.8 Å². The molecule has 1 aliphatic rings. The highest BCUT2D eigenvalue weighted by Crippen LogP contribution is 2.22. The Balaban J connectivity index is 0.000000396. The van der Waals surface area contributed by atoms with E-state index < -0.39 is 11.9 Å². The zero-order valence-electron chi connectivity index (χ0n) is 11.9. The summed E-state index contributed by atoms with van der Waals surface area (Å²) in [5, 5.41) is 26.2. The molecule has 0 spiro atoms. The first-order chi connectivity index (χ1) is 10.5. The second-order valence-electron chi connectivity index (χ2n) is 4.74. The molecule has 3 heterocycles. The molecule has 0 atom stereocenters. The fraction of sp³-hybridized carbons (Fsp3) is 0.385. The zero-order valence-corrected chi connectivity index (χ0v) is 12.8. The molecular formula is C13H16N4O4S. The molecular weight excluding hydrogens is 308 g/mol. The van der Waals surface area contributed by atoms with Crippen LogP contribution < -0.4 is 0 Å². The molecule has 9 heteroatoms. The molecule has 0 saturated heterocycles. The topological polar surface area (TPSA) is 119 Å². The van der Waals surface area contributed by atoms with Crippen molar-refractivity contribution >= 4 is 23.3 Å². The first-order valence-corrected chi connectivity index (χ1v) is 7.45. The Morgan fingerprint density at radius 2 is 2.18 bits per heavy atom. The minimum atomic E-state index is -0.969. The number of aromatic amines is 1. The van der Waals surface area contributed by atoms with Crippen molar-refractivity contribution in [2.45, 2.75) is 26.4 Å². The summed E-state index contributed by atoms with van der Waals surface area (Å²) in [4.78, 5) is 26.5. The summed E-state index contributed by atoms with van der Waals surface area (Å²) in [5.74, 6) is -1.80. The molecule has 8 nitrogen and oxygen atoms in total. The van der Waals surface area contributed by atoms with Crippen LogP contribution in [0.2, 0.25) is 0 Å². The van der Waals surface area contributed by atoms with Crippen molar-refractivity contribution in [3.05, 3.63) is 33.5 Å². The van der Waals surface area contributed by atoms with Crippen molar-refractivity contribution in [3.8, 4) is 0 Å². The number of carboxylic acids is 2. The van der Waals surface area contributed by atoms with E-state index in [-0.39, 0.29) is 5.69 Å². The quantitative estimate of drug-likeness (QED) is 0.776. The Bertz CT molecular complexity index is 649. The molecule has 0 unspecified atom stereocenters. The van der Waals surface area contributed by atoms with Crippen LogP contribution in [0.4, 0.5) is 0 Å². The lowest BCUT2D eigenvalue weighted by Crippen LogP contribution is -2.30. The lowest BCUT2D eigenvalue weighted by molar-refractivity contribution is -0.134. The number of H-pyrrole nitrogens is 1. The van der Waals surface area contributed by atoms with Crippen molar-refractivity contribution in [1.29, 1.82) is 0 Å². The van der Waals surface area contributed by atoms with Gasteiger partial charge in [-0.2, -0.15) is 5.10 Å². The Morgan fingerprint density at radius 1 is 1.45 bits per heavy atom. The number of thiazole rings is 1. The summed E-state index contributed by atoms with van der Waals surface area (Å²) in [5.41, 5.74) is 1.90. The largest absolute Gasteiger partial charge is 0.481 e. The van der Waals surface area contributed by atoms with Crippen LogP contribution in [-0.4, -0.2) is 48.8 Å². The number of aromatic nitrogens is 3. The highest BCUT2D eigenvalue weighted by molar-refractivity contribution is 7.09. The standard InChI is InChI=1S/C11H12N4O2S.C2H4O2/c16-11(17)10-7-5-15(3-1-8(7)13-14-10)6-9-12-2-4-18-9;1-2(3)4/h2,4H,1,3,5-6H2,(H,13,14)(H,16,17);1H3,(H,3,4). The third-order valence-electron chi connectivity index (χ3n) is 3.06. The van der Waals surface area contributed by atoms with Crippen LogP contribution in [0.25, 0.3) is 0 Å². The summed E-state index contributed by atoms with van der Waals surface area (Å²) >= 11 is 1.62. The lowest BCUT2D eigenvalue weighted by atomic mass is 10.1. The van der Waals surface area contributed by atoms with Crippen molar-refractivity contribution in [3.63, 3.8) is 0 Å². The lowest BCUT2D eigenvalue weighted by Gasteiger charge is -2.25. The number of carbonyl (C=O) groups is 2. The van der Waals surface area contributed by atoms with E-state index in [2.05, 4.69) is 20.1 Å². The van der Waals surface area contributed by atoms with Gasteiger partial charge in [0, 0.05) is 49.3 Å². The summed E-state index contributed by atoms with van der Waals surface area (Å²) in [7, 11) is 0. The molecule has 0 saturated carbocycles. The van der Waals surface area contributed by atoms with Crippen LogP contribution >= 0.6 is 11.3 Å². The van der Waals surface area contributed by atoms with Gasteiger partial charge in [0.25, 0.3) is 5.97 Å². The molecule has 1 aliphatic heterocycles. The molecule has 22 heavy (non-hydrogen) atoms.